The first-order valence-electron chi connectivity index (χ1n) is 8.72. The molecule has 0 radical (unpaired) electrons. The van der Waals surface area contributed by atoms with Gasteiger partial charge in [0, 0.05) is 19.5 Å². The second-order valence-corrected chi connectivity index (χ2v) is 11.0. The second-order valence-electron chi connectivity index (χ2n) is 6.54. The van der Waals surface area contributed by atoms with E-state index in [0.717, 1.165) is 4.90 Å². The maximum atomic E-state index is 12.1. The van der Waals surface area contributed by atoms with Crippen LogP contribution in [0.2, 0.25) is 0 Å². The fourth-order valence-corrected chi connectivity index (χ4v) is 5.85. The molecule has 0 bridgehead atoms. The van der Waals surface area contributed by atoms with Crippen molar-refractivity contribution >= 4 is 35.4 Å². The standard InChI is InChI=1S/C12H22N3O14P3/c13-3-1-2-7-5-15(12(18)14-11(7)17)10-4-8(16)9(27-10)6-26-31(22,23)29-32(24,25)28-30(19,20)21/h1-2,7-10,16H,3-6,13H2,(H,22,23)(H,24,25)(H,14,17,18)(H2,19,20,21)/b2-1+/t7?,8-,9+,10+/m0/s1. The summed E-state index contributed by atoms with van der Waals surface area (Å²) in [5.74, 6) is -1.29. The number of aliphatic hydroxyl groups is 1. The second kappa shape index (κ2) is 10.5. The van der Waals surface area contributed by atoms with Gasteiger partial charge in [0.2, 0.25) is 5.91 Å². The SMILES string of the molecule is NC/C=C/C1CN([C@H]2C[C@H](O)[C@@H](COP(=O)(O)OP(=O)(O)OP(=O)(O)O)O2)C(=O)NC1=O. The van der Waals surface area contributed by atoms with Crippen molar-refractivity contribution in [2.45, 2.75) is 24.9 Å². The molecule has 184 valence electrons. The van der Waals surface area contributed by atoms with Gasteiger partial charge in [0.1, 0.15) is 12.3 Å². The van der Waals surface area contributed by atoms with E-state index >= 15 is 0 Å². The van der Waals surface area contributed by atoms with E-state index in [1.807, 2.05) is 0 Å². The van der Waals surface area contributed by atoms with Gasteiger partial charge in [-0.3, -0.25) is 19.5 Å². The number of aliphatic hydroxyl groups excluding tert-OH is 1. The predicted molar refractivity (Wildman–Crippen MR) is 101 cm³/mol. The van der Waals surface area contributed by atoms with E-state index in [1.165, 1.54) is 12.2 Å². The van der Waals surface area contributed by atoms with Crippen LogP contribution in [0.15, 0.2) is 12.2 Å². The summed E-state index contributed by atoms with van der Waals surface area (Å²) in [6, 6.07) is -0.793. The molecular formula is C12H22N3O14P3. The number of phosphoric acid groups is 3. The lowest BCUT2D eigenvalue weighted by atomic mass is 10.0. The van der Waals surface area contributed by atoms with Crippen LogP contribution in [0.4, 0.5) is 4.79 Å². The van der Waals surface area contributed by atoms with Crippen LogP contribution >= 0.6 is 23.5 Å². The van der Waals surface area contributed by atoms with Crippen LogP contribution in [-0.2, 0) is 36.4 Å². The Morgan fingerprint density at radius 3 is 2.41 bits per heavy atom. The summed E-state index contributed by atoms with van der Waals surface area (Å²) in [6.07, 6.45) is -0.842. The highest BCUT2D eigenvalue weighted by molar-refractivity contribution is 7.66. The monoisotopic (exact) mass is 525 g/mol. The zero-order valence-corrected chi connectivity index (χ0v) is 18.8. The quantitative estimate of drug-likeness (QED) is 0.126. The van der Waals surface area contributed by atoms with Gasteiger partial charge in [-0.05, 0) is 0 Å². The smallest absolute Gasteiger partial charge is 0.390 e. The predicted octanol–water partition coefficient (Wildman–Crippen LogP) is -1.51. The summed E-state index contributed by atoms with van der Waals surface area (Å²) >= 11 is 0. The lowest BCUT2D eigenvalue weighted by Gasteiger charge is -2.34. The molecule has 2 rings (SSSR count). The Balaban J connectivity index is 1.97. The molecule has 8 N–H and O–H groups in total. The van der Waals surface area contributed by atoms with Crippen molar-refractivity contribution in [2.24, 2.45) is 11.7 Å². The molecule has 0 spiro atoms. The summed E-state index contributed by atoms with van der Waals surface area (Å²) in [5.41, 5.74) is 5.34. The van der Waals surface area contributed by atoms with Crippen molar-refractivity contribution < 1.29 is 65.8 Å². The average molecular weight is 525 g/mol. The normalized spacial score (nSPS) is 30.9. The molecule has 3 unspecified atom stereocenters. The number of urea groups is 1. The van der Waals surface area contributed by atoms with E-state index in [2.05, 4.69) is 18.5 Å². The maximum absolute atomic E-state index is 12.1. The molecule has 2 aliphatic heterocycles. The van der Waals surface area contributed by atoms with Gasteiger partial charge in [0.05, 0.1) is 18.6 Å². The number of carbonyl (C=O) groups excluding carboxylic acids is 2. The first-order valence-corrected chi connectivity index (χ1v) is 13.2. The van der Waals surface area contributed by atoms with E-state index in [0.29, 0.717) is 0 Å². The van der Waals surface area contributed by atoms with Gasteiger partial charge in [-0.1, -0.05) is 12.2 Å². The highest BCUT2D eigenvalue weighted by Gasteiger charge is 2.45. The molecule has 0 aliphatic carbocycles. The van der Waals surface area contributed by atoms with Crippen LogP contribution in [-0.4, -0.2) is 79.7 Å². The highest BCUT2D eigenvalue weighted by atomic mass is 31.3. The molecule has 3 amide bonds. The van der Waals surface area contributed by atoms with Crippen LogP contribution < -0.4 is 11.1 Å². The van der Waals surface area contributed by atoms with Gasteiger partial charge in [0.25, 0.3) is 0 Å². The topological polar surface area (TPSA) is 265 Å². The van der Waals surface area contributed by atoms with Gasteiger partial charge in [-0.2, -0.15) is 8.62 Å². The van der Waals surface area contributed by atoms with Gasteiger partial charge >= 0.3 is 29.5 Å². The van der Waals surface area contributed by atoms with Gasteiger partial charge in [-0.25, -0.2) is 18.5 Å². The molecule has 32 heavy (non-hydrogen) atoms. The van der Waals surface area contributed by atoms with Crippen molar-refractivity contribution in [2.75, 3.05) is 19.7 Å². The number of amides is 3. The van der Waals surface area contributed by atoms with Crippen LogP contribution in [0.3, 0.4) is 0 Å². The third kappa shape index (κ3) is 8.08. The molecular weight excluding hydrogens is 503 g/mol. The summed E-state index contributed by atoms with van der Waals surface area (Å²) in [5, 5.41) is 12.2. The van der Waals surface area contributed by atoms with Crippen molar-refractivity contribution in [3.8, 4) is 0 Å². The first kappa shape index (κ1) is 27.2. The molecule has 2 aliphatic rings. The molecule has 17 nitrogen and oxygen atoms in total. The number of hydrogen-bond donors (Lipinski definition) is 7. The van der Waals surface area contributed by atoms with Crippen molar-refractivity contribution in [3.63, 3.8) is 0 Å². The number of phosphoric ester groups is 1. The third-order valence-electron chi connectivity index (χ3n) is 4.10. The maximum Gasteiger partial charge on any atom is 0.490 e. The minimum absolute atomic E-state index is 0.0961. The lowest BCUT2D eigenvalue weighted by molar-refractivity contribution is -0.127. The number of imide groups is 1. The average Bonchev–Trinajstić information content (AvgIpc) is 2.97. The number of ether oxygens (including phenoxy) is 1. The van der Waals surface area contributed by atoms with Crippen molar-refractivity contribution in [1.29, 1.82) is 0 Å². The molecule has 20 heteroatoms. The Morgan fingerprint density at radius 1 is 1.16 bits per heavy atom. The Hall–Kier alpha value is -1.03. The minimum atomic E-state index is -5.69. The zero-order chi connectivity index (χ0) is 24.3. The Bertz CT molecular complexity index is 891. The number of nitrogens with zero attached hydrogens (tertiary/aromatic N) is 1. The van der Waals surface area contributed by atoms with E-state index in [4.69, 9.17) is 25.2 Å². The van der Waals surface area contributed by atoms with Crippen LogP contribution in [0, 0.1) is 5.92 Å². The number of hydrogen-bond acceptors (Lipinski definition) is 11. The number of rotatable bonds is 10. The van der Waals surface area contributed by atoms with Crippen molar-refractivity contribution in [3.05, 3.63) is 12.2 Å². The van der Waals surface area contributed by atoms with E-state index in [-0.39, 0.29) is 19.5 Å². The Morgan fingerprint density at radius 2 is 1.81 bits per heavy atom. The Labute approximate surface area is 180 Å². The third-order valence-corrected chi connectivity index (χ3v) is 7.90. The van der Waals surface area contributed by atoms with Crippen molar-refractivity contribution in [1.82, 2.24) is 10.2 Å². The molecule has 2 heterocycles. The van der Waals surface area contributed by atoms with E-state index in [9.17, 15) is 33.3 Å². The first-order chi connectivity index (χ1) is 14.6. The molecule has 0 aromatic carbocycles. The van der Waals surface area contributed by atoms with E-state index < -0.39 is 66.4 Å². The van der Waals surface area contributed by atoms with Gasteiger partial charge < -0.3 is 35.2 Å². The lowest BCUT2D eigenvalue weighted by Crippen LogP contribution is -2.57. The largest absolute Gasteiger partial charge is 0.490 e. The number of nitrogens with two attached hydrogens (primary N) is 1. The molecule has 2 saturated heterocycles. The van der Waals surface area contributed by atoms with Crippen LogP contribution in [0.5, 0.6) is 0 Å². The zero-order valence-electron chi connectivity index (χ0n) is 16.1. The fraction of sp³-hybridized carbons (Fsp3) is 0.667. The van der Waals surface area contributed by atoms with Gasteiger partial charge in [-0.15, -0.1) is 0 Å². The van der Waals surface area contributed by atoms with Crippen LogP contribution in [0.1, 0.15) is 6.42 Å². The van der Waals surface area contributed by atoms with E-state index in [1.54, 1.807) is 0 Å². The molecule has 0 aromatic heterocycles. The number of nitrogens with one attached hydrogen (secondary N) is 1. The Kier molecular flexibility index (Phi) is 8.92. The number of carbonyl (C=O) groups is 2. The molecule has 6 atom stereocenters. The highest BCUT2D eigenvalue weighted by Crippen LogP contribution is 2.66. The molecule has 2 fully saturated rings. The summed E-state index contributed by atoms with van der Waals surface area (Å²) < 4.78 is 50.7. The minimum Gasteiger partial charge on any atom is -0.390 e. The van der Waals surface area contributed by atoms with Crippen LogP contribution in [0.25, 0.3) is 0 Å². The van der Waals surface area contributed by atoms with Gasteiger partial charge in [0.15, 0.2) is 0 Å². The summed E-state index contributed by atoms with van der Waals surface area (Å²) in [6.45, 7) is -0.813. The molecule has 0 saturated carbocycles. The fourth-order valence-electron chi connectivity index (χ4n) is 2.82. The molecule has 0 aromatic rings. The summed E-state index contributed by atoms with van der Waals surface area (Å²) in [4.78, 5) is 60.7. The summed E-state index contributed by atoms with van der Waals surface area (Å²) in [7, 11) is -16.6.